The van der Waals surface area contributed by atoms with Gasteiger partial charge in [-0.2, -0.15) is 0 Å². The van der Waals surface area contributed by atoms with Crippen molar-refractivity contribution in [2.75, 3.05) is 18.4 Å². The van der Waals surface area contributed by atoms with E-state index in [0.29, 0.717) is 12.5 Å². The number of nitrogens with zero attached hydrogens (tertiary/aromatic N) is 1. The summed E-state index contributed by atoms with van der Waals surface area (Å²) in [5, 5.41) is 12.3. The minimum Gasteiger partial charge on any atom is -0.508 e. The molecule has 0 aromatic heterocycles. The van der Waals surface area contributed by atoms with E-state index in [1.165, 1.54) is 0 Å². The average molecular weight is 361 g/mol. The zero-order chi connectivity index (χ0) is 15.5. The zero-order valence-corrected chi connectivity index (χ0v) is 13.6. The molecule has 0 aliphatic carbocycles. The maximum Gasteiger partial charge on any atom is 0.321 e. The third kappa shape index (κ3) is 3.42. The number of benzene rings is 2. The number of rotatable bonds is 2. The van der Waals surface area contributed by atoms with E-state index in [2.05, 4.69) is 21.2 Å². The van der Waals surface area contributed by atoms with Crippen molar-refractivity contribution in [2.24, 2.45) is 0 Å². The maximum absolute atomic E-state index is 12.3. The summed E-state index contributed by atoms with van der Waals surface area (Å²) in [6.45, 7) is 1.45. The minimum atomic E-state index is -0.0661. The minimum absolute atomic E-state index is 0.0661. The highest BCUT2D eigenvalue weighted by atomic mass is 79.9. The molecule has 2 aromatic rings. The van der Waals surface area contributed by atoms with E-state index < -0.39 is 0 Å². The monoisotopic (exact) mass is 360 g/mol. The number of carbonyl (C=O) groups excluding carboxylic acids is 1. The van der Waals surface area contributed by atoms with Gasteiger partial charge in [-0.1, -0.05) is 28.1 Å². The second-order valence-corrected chi connectivity index (χ2v) is 6.38. The summed E-state index contributed by atoms with van der Waals surface area (Å²) in [6.07, 6.45) is 0.943. The number of amides is 2. The van der Waals surface area contributed by atoms with Crippen molar-refractivity contribution < 1.29 is 9.90 Å². The normalized spacial score (nSPS) is 17.5. The second kappa shape index (κ2) is 6.40. The van der Waals surface area contributed by atoms with Gasteiger partial charge in [-0.15, -0.1) is 0 Å². The first kappa shape index (κ1) is 14.9. The van der Waals surface area contributed by atoms with Gasteiger partial charge in [0.15, 0.2) is 0 Å². The largest absolute Gasteiger partial charge is 0.508 e. The highest BCUT2D eigenvalue weighted by Crippen LogP contribution is 2.28. The summed E-state index contributed by atoms with van der Waals surface area (Å²) in [6, 6.07) is 14.7. The molecule has 0 bridgehead atoms. The van der Waals surface area contributed by atoms with Gasteiger partial charge < -0.3 is 15.3 Å². The van der Waals surface area contributed by atoms with E-state index in [-0.39, 0.29) is 11.8 Å². The van der Waals surface area contributed by atoms with E-state index >= 15 is 0 Å². The molecule has 1 aliphatic rings. The van der Waals surface area contributed by atoms with Crippen molar-refractivity contribution in [1.82, 2.24) is 4.90 Å². The summed E-state index contributed by atoms with van der Waals surface area (Å²) in [5.41, 5.74) is 1.96. The van der Waals surface area contributed by atoms with Crippen LogP contribution in [0.25, 0.3) is 0 Å². The van der Waals surface area contributed by atoms with Crippen LogP contribution in [0.3, 0.4) is 0 Å². The van der Waals surface area contributed by atoms with Gasteiger partial charge in [0.05, 0.1) is 0 Å². The number of urea groups is 1. The molecule has 4 nitrogen and oxygen atoms in total. The second-order valence-electron chi connectivity index (χ2n) is 5.46. The molecule has 22 heavy (non-hydrogen) atoms. The number of hydrogen-bond donors (Lipinski definition) is 2. The first-order chi connectivity index (χ1) is 10.6. The number of halogens is 1. The molecule has 1 fully saturated rings. The standard InChI is InChI=1S/C17H17BrN2O2/c18-14-3-5-15(6-4-14)19-17(22)20-10-9-13(11-20)12-1-7-16(21)8-2-12/h1-8,13,21H,9-11H2,(H,19,22). The van der Waals surface area contributed by atoms with Crippen molar-refractivity contribution in [1.29, 1.82) is 0 Å². The lowest BCUT2D eigenvalue weighted by atomic mass is 9.98. The van der Waals surface area contributed by atoms with Crippen molar-refractivity contribution in [2.45, 2.75) is 12.3 Å². The van der Waals surface area contributed by atoms with E-state index in [0.717, 1.165) is 28.7 Å². The number of nitrogens with one attached hydrogen (secondary N) is 1. The molecule has 0 radical (unpaired) electrons. The first-order valence-electron chi connectivity index (χ1n) is 7.22. The topological polar surface area (TPSA) is 52.6 Å². The summed E-state index contributed by atoms with van der Waals surface area (Å²) in [5.74, 6) is 0.600. The Morgan fingerprint density at radius 1 is 1.14 bits per heavy atom. The molecule has 3 rings (SSSR count). The Bertz CT molecular complexity index is 655. The van der Waals surface area contributed by atoms with E-state index in [4.69, 9.17) is 0 Å². The van der Waals surface area contributed by atoms with Gasteiger partial charge in [0, 0.05) is 29.2 Å². The van der Waals surface area contributed by atoms with Crippen LogP contribution >= 0.6 is 15.9 Å². The lowest BCUT2D eigenvalue weighted by molar-refractivity contribution is 0.222. The molecule has 1 unspecified atom stereocenters. The summed E-state index contributed by atoms with van der Waals surface area (Å²) < 4.78 is 0.985. The average Bonchev–Trinajstić information content (AvgIpc) is 3.00. The number of anilines is 1. The maximum atomic E-state index is 12.3. The molecule has 1 heterocycles. The number of aromatic hydroxyl groups is 1. The SMILES string of the molecule is O=C(Nc1ccc(Br)cc1)N1CCC(c2ccc(O)cc2)C1. The molecular formula is C17H17BrN2O2. The van der Waals surface area contributed by atoms with Crippen LogP contribution in [-0.4, -0.2) is 29.1 Å². The Morgan fingerprint density at radius 3 is 2.50 bits per heavy atom. The van der Waals surface area contributed by atoms with E-state index in [1.54, 1.807) is 12.1 Å². The summed E-state index contributed by atoms with van der Waals surface area (Å²) in [7, 11) is 0. The Hall–Kier alpha value is -2.01. The molecular weight excluding hydrogens is 344 g/mol. The summed E-state index contributed by atoms with van der Waals surface area (Å²) >= 11 is 3.38. The number of hydrogen-bond acceptors (Lipinski definition) is 2. The smallest absolute Gasteiger partial charge is 0.321 e. The fourth-order valence-corrected chi connectivity index (χ4v) is 2.96. The molecule has 1 atom stereocenters. The molecule has 114 valence electrons. The Balaban J connectivity index is 1.61. The van der Waals surface area contributed by atoms with Crippen LogP contribution in [0.5, 0.6) is 5.75 Å². The Labute approximate surface area is 137 Å². The molecule has 2 amide bonds. The van der Waals surface area contributed by atoms with Crippen molar-refractivity contribution in [3.8, 4) is 5.75 Å². The fraction of sp³-hybridized carbons (Fsp3) is 0.235. The Kier molecular flexibility index (Phi) is 4.34. The van der Waals surface area contributed by atoms with E-state index in [1.807, 2.05) is 41.3 Å². The molecule has 5 heteroatoms. The van der Waals surface area contributed by atoms with Gasteiger partial charge in [0.2, 0.25) is 0 Å². The van der Waals surface area contributed by atoms with Crippen LogP contribution < -0.4 is 5.32 Å². The van der Waals surface area contributed by atoms with Crippen LogP contribution in [0.1, 0.15) is 17.9 Å². The van der Waals surface area contributed by atoms with Gasteiger partial charge in [-0.05, 0) is 48.4 Å². The van der Waals surface area contributed by atoms with E-state index in [9.17, 15) is 9.90 Å². The van der Waals surface area contributed by atoms with Gasteiger partial charge in [-0.25, -0.2) is 4.79 Å². The van der Waals surface area contributed by atoms with Crippen LogP contribution in [0, 0.1) is 0 Å². The quantitative estimate of drug-likeness (QED) is 0.843. The van der Waals surface area contributed by atoms with Crippen LogP contribution in [0.2, 0.25) is 0 Å². The van der Waals surface area contributed by atoms with Gasteiger partial charge >= 0.3 is 6.03 Å². The van der Waals surface area contributed by atoms with Crippen LogP contribution in [0.15, 0.2) is 53.0 Å². The first-order valence-corrected chi connectivity index (χ1v) is 8.01. The number of likely N-dealkylation sites (tertiary alicyclic amines) is 1. The third-order valence-corrected chi connectivity index (χ3v) is 4.46. The molecule has 2 N–H and O–H groups in total. The molecule has 2 aromatic carbocycles. The molecule has 1 aliphatic heterocycles. The van der Waals surface area contributed by atoms with Crippen LogP contribution in [0.4, 0.5) is 10.5 Å². The predicted molar refractivity (Wildman–Crippen MR) is 90.2 cm³/mol. The number of phenolic OH excluding ortho intramolecular Hbond substituents is 1. The van der Waals surface area contributed by atoms with Crippen molar-refractivity contribution in [3.63, 3.8) is 0 Å². The highest BCUT2D eigenvalue weighted by molar-refractivity contribution is 9.10. The van der Waals surface area contributed by atoms with Gasteiger partial charge in [-0.3, -0.25) is 0 Å². The predicted octanol–water partition coefficient (Wildman–Crippen LogP) is 4.18. The molecule has 0 saturated carbocycles. The highest BCUT2D eigenvalue weighted by Gasteiger charge is 2.27. The zero-order valence-electron chi connectivity index (χ0n) is 12.0. The lowest BCUT2D eigenvalue weighted by Crippen LogP contribution is -2.32. The van der Waals surface area contributed by atoms with Gasteiger partial charge in [0.25, 0.3) is 0 Å². The Morgan fingerprint density at radius 2 is 1.82 bits per heavy atom. The molecule has 0 spiro atoms. The fourth-order valence-electron chi connectivity index (χ4n) is 2.70. The lowest BCUT2D eigenvalue weighted by Gasteiger charge is -2.17. The third-order valence-electron chi connectivity index (χ3n) is 3.94. The number of phenols is 1. The molecule has 1 saturated heterocycles. The van der Waals surface area contributed by atoms with Crippen LogP contribution in [-0.2, 0) is 0 Å². The summed E-state index contributed by atoms with van der Waals surface area (Å²) in [4.78, 5) is 14.1. The van der Waals surface area contributed by atoms with Crippen molar-refractivity contribution in [3.05, 3.63) is 58.6 Å². The van der Waals surface area contributed by atoms with Crippen molar-refractivity contribution >= 4 is 27.6 Å². The number of carbonyl (C=O) groups is 1. The van der Waals surface area contributed by atoms with Gasteiger partial charge in [0.1, 0.15) is 5.75 Å².